The number of hydrogen-bond acceptors (Lipinski definition) is 5. The lowest BCUT2D eigenvalue weighted by Gasteiger charge is -2.21. The molecule has 5 nitrogen and oxygen atoms in total. The Kier molecular flexibility index (Phi) is 7.59. The first kappa shape index (κ1) is 19.0. The first-order valence-corrected chi connectivity index (χ1v) is 8.11. The minimum atomic E-state index is -0.540. The van der Waals surface area contributed by atoms with Crippen molar-refractivity contribution in [3.05, 3.63) is 23.8 Å². The van der Waals surface area contributed by atoms with E-state index in [0.29, 0.717) is 17.9 Å². The Morgan fingerprint density at radius 1 is 1.35 bits per heavy atom. The van der Waals surface area contributed by atoms with Crippen molar-refractivity contribution in [1.82, 2.24) is 0 Å². The molecule has 1 aromatic carbocycles. The number of nitrogens with zero attached hydrogens (tertiary/aromatic N) is 2. The summed E-state index contributed by atoms with van der Waals surface area (Å²) >= 11 is 0. The number of esters is 1. The van der Waals surface area contributed by atoms with E-state index in [9.17, 15) is 9.90 Å². The maximum Gasteiger partial charge on any atom is 0.330 e. The van der Waals surface area contributed by atoms with Gasteiger partial charge < -0.3 is 14.7 Å². The Labute approximate surface area is 139 Å². The fourth-order valence-electron chi connectivity index (χ4n) is 2.40. The number of aliphatic imine (C=N–C) groups is 1. The average Bonchev–Trinajstić information content (AvgIpc) is 2.52. The van der Waals surface area contributed by atoms with Gasteiger partial charge in [-0.3, -0.25) is 4.99 Å². The lowest BCUT2D eigenvalue weighted by molar-refractivity contribution is -0.142. The third-order valence-electron chi connectivity index (χ3n) is 3.70. The SMILES string of the molecule is CCN(CC)c1ccc(C=N[C@H](CC(C)C)C(=O)OC)c(O)c1. The number of benzene rings is 1. The fourth-order valence-corrected chi connectivity index (χ4v) is 2.40. The molecule has 0 bridgehead atoms. The molecule has 0 saturated heterocycles. The molecule has 23 heavy (non-hydrogen) atoms. The molecule has 0 radical (unpaired) electrons. The standard InChI is InChI=1S/C18H28N2O3/c1-6-20(7-2)15-9-8-14(17(21)11-15)12-19-16(10-13(3)4)18(22)23-5/h8-9,11-13,16,21H,6-7,10H2,1-5H3/t16-/m1/s1. The summed E-state index contributed by atoms with van der Waals surface area (Å²) < 4.78 is 4.79. The van der Waals surface area contributed by atoms with Gasteiger partial charge in [-0.05, 0) is 38.3 Å². The first-order chi connectivity index (χ1) is 10.9. The number of hydrogen-bond donors (Lipinski definition) is 1. The molecule has 0 aliphatic carbocycles. The van der Waals surface area contributed by atoms with Gasteiger partial charge in [0, 0.05) is 36.6 Å². The second-order valence-corrected chi connectivity index (χ2v) is 5.86. The number of methoxy groups -OCH3 is 1. The normalized spacial score (nSPS) is 12.6. The van der Waals surface area contributed by atoms with Gasteiger partial charge in [-0.2, -0.15) is 0 Å². The minimum Gasteiger partial charge on any atom is -0.507 e. The van der Waals surface area contributed by atoms with E-state index < -0.39 is 6.04 Å². The maximum absolute atomic E-state index is 11.8. The van der Waals surface area contributed by atoms with Crippen LogP contribution in [-0.2, 0) is 9.53 Å². The predicted molar refractivity (Wildman–Crippen MR) is 94.5 cm³/mol. The van der Waals surface area contributed by atoms with Crippen molar-refractivity contribution in [1.29, 1.82) is 0 Å². The molecule has 0 saturated carbocycles. The van der Waals surface area contributed by atoms with E-state index in [0.717, 1.165) is 18.8 Å². The van der Waals surface area contributed by atoms with Crippen LogP contribution in [0.3, 0.4) is 0 Å². The molecule has 0 aromatic heterocycles. The molecular formula is C18H28N2O3. The molecule has 0 aliphatic heterocycles. The van der Waals surface area contributed by atoms with Crippen molar-refractivity contribution >= 4 is 17.9 Å². The lowest BCUT2D eigenvalue weighted by atomic mass is 10.0. The number of aromatic hydroxyl groups is 1. The van der Waals surface area contributed by atoms with E-state index >= 15 is 0 Å². The highest BCUT2D eigenvalue weighted by atomic mass is 16.5. The number of rotatable bonds is 8. The average molecular weight is 320 g/mol. The van der Waals surface area contributed by atoms with Crippen LogP contribution in [0.25, 0.3) is 0 Å². The molecule has 1 rings (SSSR count). The smallest absolute Gasteiger partial charge is 0.330 e. The minimum absolute atomic E-state index is 0.159. The molecule has 1 atom stereocenters. The van der Waals surface area contributed by atoms with Crippen LogP contribution in [0.1, 0.15) is 39.7 Å². The van der Waals surface area contributed by atoms with Crippen molar-refractivity contribution < 1.29 is 14.6 Å². The monoisotopic (exact) mass is 320 g/mol. The number of ether oxygens (including phenoxy) is 1. The van der Waals surface area contributed by atoms with E-state index in [1.54, 1.807) is 12.3 Å². The molecular weight excluding hydrogens is 292 g/mol. The topological polar surface area (TPSA) is 62.1 Å². The second-order valence-electron chi connectivity index (χ2n) is 5.86. The lowest BCUT2D eigenvalue weighted by Crippen LogP contribution is -2.22. The van der Waals surface area contributed by atoms with E-state index in [4.69, 9.17) is 4.74 Å². The highest BCUT2D eigenvalue weighted by molar-refractivity contribution is 5.87. The first-order valence-electron chi connectivity index (χ1n) is 8.11. The Morgan fingerprint density at radius 2 is 2.00 bits per heavy atom. The number of carbonyl (C=O) groups excluding carboxylic acids is 1. The van der Waals surface area contributed by atoms with Crippen molar-refractivity contribution in [3.8, 4) is 5.75 Å². The van der Waals surface area contributed by atoms with Crippen molar-refractivity contribution in [2.45, 2.75) is 40.2 Å². The van der Waals surface area contributed by atoms with Gasteiger partial charge >= 0.3 is 5.97 Å². The zero-order valence-electron chi connectivity index (χ0n) is 14.7. The molecule has 0 spiro atoms. The molecule has 0 aliphatic rings. The van der Waals surface area contributed by atoms with Crippen LogP contribution < -0.4 is 4.90 Å². The summed E-state index contributed by atoms with van der Waals surface area (Å²) in [5, 5.41) is 10.2. The van der Waals surface area contributed by atoms with Crippen LogP contribution in [-0.4, -0.2) is 43.5 Å². The van der Waals surface area contributed by atoms with Crippen LogP contribution in [0.2, 0.25) is 0 Å². The highest BCUT2D eigenvalue weighted by Gasteiger charge is 2.18. The molecule has 0 heterocycles. The van der Waals surface area contributed by atoms with Gasteiger partial charge in [0.1, 0.15) is 11.8 Å². The quantitative estimate of drug-likeness (QED) is 0.590. The van der Waals surface area contributed by atoms with Gasteiger partial charge in [0.2, 0.25) is 0 Å². The van der Waals surface area contributed by atoms with E-state index in [2.05, 4.69) is 23.7 Å². The van der Waals surface area contributed by atoms with Crippen LogP contribution in [0.5, 0.6) is 5.75 Å². The van der Waals surface area contributed by atoms with Crippen LogP contribution in [0.15, 0.2) is 23.2 Å². The van der Waals surface area contributed by atoms with Gasteiger partial charge in [-0.1, -0.05) is 13.8 Å². The summed E-state index contributed by atoms with van der Waals surface area (Å²) in [5.41, 5.74) is 1.56. The van der Waals surface area contributed by atoms with E-state index in [-0.39, 0.29) is 11.7 Å². The Balaban J connectivity index is 2.95. The van der Waals surface area contributed by atoms with Gasteiger partial charge in [0.15, 0.2) is 0 Å². The van der Waals surface area contributed by atoms with Crippen molar-refractivity contribution in [2.75, 3.05) is 25.1 Å². The van der Waals surface area contributed by atoms with Crippen molar-refractivity contribution in [3.63, 3.8) is 0 Å². The largest absolute Gasteiger partial charge is 0.507 e. The fraction of sp³-hybridized carbons (Fsp3) is 0.556. The van der Waals surface area contributed by atoms with Crippen LogP contribution in [0, 0.1) is 5.92 Å². The van der Waals surface area contributed by atoms with Crippen molar-refractivity contribution in [2.24, 2.45) is 10.9 Å². The zero-order valence-corrected chi connectivity index (χ0v) is 14.7. The van der Waals surface area contributed by atoms with E-state index in [1.165, 1.54) is 7.11 Å². The van der Waals surface area contributed by atoms with Crippen LogP contribution in [0.4, 0.5) is 5.69 Å². The van der Waals surface area contributed by atoms with Gasteiger partial charge in [0.25, 0.3) is 0 Å². The van der Waals surface area contributed by atoms with Gasteiger partial charge in [-0.25, -0.2) is 4.79 Å². The van der Waals surface area contributed by atoms with Gasteiger partial charge in [-0.15, -0.1) is 0 Å². The second kappa shape index (κ2) is 9.18. The molecule has 0 amide bonds. The third kappa shape index (κ3) is 5.58. The Morgan fingerprint density at radius 3 is 2.48 bits per heavy atom. The third-order valence-corrected chi connectivity index (χ3v) is 3.70. The zero-order chi connectivity index (χ0) is 17.4. The Hall–Kier alpha value is -2.04. The maximum atomic E-state index is 11.8. The Bertz CT molecular complexity index is 537. The highest BCUT2D eigenvalue weighted by Crippen LogP contribution is 2.24. The summed E-state index contributed by atoms with van der Waals surface area (Å²) in [6.07, 6.45) is 2.16. The summed E-state index contributed by atoms with van der Waals surface area (Å²) in [5.74, 6) is 0.135. The number of carbonyl (C=O) groups is 1. The molecule has 1 aromatic rings. The molecule has 0 unspecified atom stereocenters. The summed E-state index contributed by atoms with van der Waals surface area (Å²) in [4.78, 5) is 18.2. The predicted octanol–water partition coefficient (Wildman–Crippen LogP) is 3.25. The molecule has 5 heteroatoms. The number of phenolic OH excluding ortho intramolecular Hbond substituents is 1. The molecule has 128 valence electrons. The van der Waals surface area contributed by atoms with E-state index in [1.807, 2.05) is 26.0 Å². The molecule has 1 N–H and O–H groups in total. The van der Waals surface area contributed by atoms with Crippen LogP contribution >= 0.6 is 0 Å². The number of phenols is 1. The summed E-state index contributed by atoms with van der Waals surface area (Å²) in [6, 6.07) is 4.95. The summed E-state index contributed by atoms with van der Waals surface area (Å²) in [6.45, 7) is 9.96. The summed E-state index contributed by atoms with van der Waals surface area (Å²) in [7, 11) is 1.36. The molecule has 0 fully saturated rings. The number of anilines is 1. The van der Waals surface area contributed by atoms with Gasteiger partial charge in [0.05, 0.1) is 7.11 Å².